The number of carbonyl (C=O) groups is 1. The van der Waals surface area contributed by atoms with E-state index >= 15 is 0 Å². The molecule has 0 aliphatic carbocycles. The van der Waals surface area contributed by atoms with Gasteiger partial charge in [0, 0.05) is 5.39 Å². The summed E-state index contributed by atoms with van der Waals surface area (Å²) in [4.78, 5) is 24.4. The molecule has 130 valence electrons. The Morgan fingerprint density at radius 1 is 1.28 bits per heavy atom. The number of rotatable bonds is 5. The summed E-state index contributed by atoms with van der Waals surface area (Å²) in [6, 6.07) is 9.87. The minimum atomic E-state index is -1.01. The molecule has 2 N–H and O–H groups in total. The number of para-hydroxylation sites is 1. The van der Waals surface area contributed by atoms with Gasteiger partial charge in [0.15, 0.2) is 11.3 Å². The fourth-order valence-electron chi connectivity index (χ4n) is 2.45. The third kappa shape index (κ3) is 3.41. The summed E-state index contributed by atoms with van der Waals surface area (Å²) in [6.07, 6.45) is -1.01. The Morgan fingerprint density at radius 3 is 2.76 bits per heavy atom. The molecular formula is C18H17NO6. The van der Waals surface area contributed by atoms with Gasteiger partial charge in [0.1, 0.15) is 23.2 Å². The summed E-state index contributed by atoms with van der Waals surface area (Å²) in [5, 5.41) is 13.1. The van der Waals surface area contributed by atoms with Crippen LogP contribution in [0.5, 0.6) is 5.75 Å². The third-order valence-electron chi connectivity index (χ3n) is 3.73. The molecule has 2 heterocycles. The van der Waals surface area contributed by atoms with E-state index in [-0.39, 0.29) is 17.7 Å². The summed E-state index contributed by atoms with van der Waals surface area (Å²) in [6.45, 7) is 1.66. The van der Waals surface area contributed by atoms with Gasteiger partial charge in [0.25, 0.3) is 5.91 Å². The normalized spacial score (nSPS) is 12.1. The molecular weight excluding hydrogens is 326 g/mol. The predicted octanol–water partition coefficient (Wildman–Crippen LogP) is 2.17. The SMILES string of the molecule is COc1cccc2cc(C(=O)NC[C@H](O)c3ccc(C)o3)c(=O)oc12. The van der Waals surface area contributed by atoms with Crippen LogP contribution in [0.1, 0.15) is 28.0 Å². The molecule has 0 saturated heterocycles. The quantitative estimate of drug-likeness (QED) is 0.688. The fourth-order valence-corrected chi connectivity index (χ4v) is 2.45. The number of benzene rings is 1. The second-order valence-electron chi connectivity index (χ2n) is 5.50. The average molecular weight is 343 g/mol. The topological polar surface area (TPSA) is 102 Å². The van der Waals surface area contributed by atoms with Gasteiger partial charge in [-0.3, -0.25) is 4.79 Å². The standard InChI is InChI=1S/C18H17NO6/c1-10-6-7-14(24-10)13(20)9-19-17(21)12-8-11-4-3-5-15(23-2)16(11)25-18(12)22/h3-8,13,20H,9H2,1-2H3,(H,19,21)/t13-/m0/s1. The number of carbonyl (C=O) groups excluding carboxylic acids is 1. The van der Waals surface area contributed by atoms with Crippen molar-refractivity contribution in [3.05, 3.63) is 63.9 Å². The molecule has 0 aliphatic rings. The van der Waals surface area contributed by atoms with Crippen LogP contribution in [-0.2, 0) is 0 Å². The molecule has 0 radical (unpaired) electrons. The number of hydrogen-bond acceptors (Lipinski definition) is 6. The van der Waals surface area contributed by atoms with Crippen LogP contribution >= 0.6 is 0 Å². The van der Waals surface area contributed by atoms with Crippen molar-refractivity contribution < 1.29 is 23.5 Å². The number of furan rings is 1. The smallest absolute Gasteiger partial charge is 0.349 e. The Bertz CT molecular complexity index is 971. The number of hydrogen-bond donors (Lipinski definition) is 2. The molecule has 0 aliphatic heterocycles. The van der Waals surface area contributed by atoms with Crippen LogP contribution in [0.3, 0.4) is 0 Å². The Hall–Kier alpha value is -3.06. The molecule has 2 aromatic heterocycles. The van der Waals surface area contributed by atoms with Crippen molar-refractivity contribution in [3.8, 4) is 5.75 Å². The van der Waals surface area contributed by atoms with E-state index in [4.69, 9.17) is 13.6 Å². The monoisotopic (exact) mass is 343 g/mol. The third-order valence-corrected chi connectivity index (χ3v) is 3.73. The van der Waals surface area contributed by atoms with Gasteiger partial charge in [-0.1, -0.05) is 12.1 Å². The van der Waals surface area contributed by atoms with Gasteiger partial charge in [-0.15, -0.1) is 0 Å². The lowest BCUT2D eigenvalue weighted by atomic mass is 10.1. The number of nitrogens with one attached hydrogen (secondary N) is 1. The van der Waals surface area contributed by atoms with Gasteiger partial charge in [0.2, 0.25) is 0 Å². The predicted molar refractivity (Wildman–Crippen MR) is 89.8 cm³/mol. The van der Waals surface area contributed by atoms with Crippen LogP contribution in [0, 0.1) is 6.92 Å². The fraction of sp³-hybridized carbons (Fsp3) is 0.222. The number of amides is 1. The first-order valence-electron chi connectivity index (χ1n) is 7.63. The van der Waals surface area contributed by atoms with Gasteiger partial charge in [0.05, 0.1) is 13.7 Å². The average Bonchev–Trinajstić information content (AvgIpc) is 3.04. The number of methoxy groups -OCH3 is 1. The highest BCUT2D eigenvalue weighted by Crippen LogP contribution is 2.24. The summed E-state index contributed by atoms with van der Waals surface area (Å²) in [7, 11) is 1.47. The van der Waals surface area contributed by atoms with Crippen molar-refractivity contribution in [1.29, 1.82) is 0 Å². The number of aliphatic hydroxyl groups is 1. The van der Waals surface area contributed by atoms with Gasteiger partial charge in [-0.2, -0.15) is 0 Å². The first-order valence-corrected chi connectivity index (χ1v) is 7.63. The number of aryl methyl sites for hydroxylation is 1. The zero-order valence-corrected chi connectivity index (χ0v) is 13.7. The van der Waals surface area contributed by atoms with Crippen molar-refractivity contribution in [2.75, 3.05) is 13.7 Å². The summed E-state index contributed by atoms with van der Waals surface area (Å²) in [5.74, 6) is 0.767. The molecule has 1 amide bonds. The Morgan fingerprint density at radius 2 is 2.08 bits per heavy atom. The van der Waals surface area contributed by atoms with Crippen molar-refractivity contribution in [2.24, 2.45) is 0 Å². The molecule has 1 aromatic carbocycles. The van der Waals surface area contributed by atoms with Gasteiger partial charge < -0.3 is 24.0 Å². The van der Waals surface area contributed by atoms with Crippen LogP contribution in [0.4, 0.5) is 0 Å². The first kappa shape index (κ1) is 16.8. The molecule has 7 heteroatoms. The van der Waals surface area contributed by atoms with Crippen LogP contribution < -0.4 is 15.7 Å². The van der Waals surface area contributed by atoms with Gasteiger partial charge in [-0.05, 0) is 31.2 Å². The van der Waals surface area contributed by atoms with E-state index in [0.29, 0.717) is 22.7 Å². The molecule has 0 bridgehead atoms. The lowest BCUT2D eigenvalue weighted by molar-refractivity contribution is 0.0897. The number of aliphatic hydroxyl groups excluding tert-OH is 1. The lowest BCUT2D eigenvalue weighted by Gasteiger charge is -2.10. The van der Waals surface area contributed by atoms with Crippen molar-refractivity contribution in [1.82, 2.24) is 5.32 Å². The van der Waals surface area contributed by atoms with Gasteiger partial charge >= 0.3 is 5.63 Å². The van der Waals surface area contributed by atoms with Crippen LogP contribution in [0.15, 0.2) is 50.0 Å². The summed E-state index contributed by atoms with van der Waals surface area (Å²) in [5.41, 5.74) is -0.654. The minimum absolute atomic E-state index is 0.0959. The van der Waals surface area contributed by atoms with E-state index in [1.54, 1.807) is 37.3 Å². The first-order chi connectivity index (χ1) is 12.0. The van der Waals surface area contributed by atoms with Crippen molar-refractivity contribution >= 4 is 16.9 Å². The van der Waals surface area contributed by atoms with E-state index in [9.17, 15) is 14.7 Å². The zero-order valence-electron chi connectivity index (χ0n) is 13.7. The van der Waals surface area contributed by atoms with E-state index in [0.717, 1.165) is 0 Å². The molecule has 0 fully saturated rings. The highest BCUT2D eigenvalue weighted by atomic mass is 16.5. The molecule has 0 spiro atoms. The highest BCUT2D eigenvalue weighted by Gasteiger charge is 2.18. The van der Waals surface area contributed by atoms with Crippen LogP contribution in [0.25, 0.3) is 11.0 Å². The number of fused-ring (bicyclic) bond motifs is 1. The lowest BCUT2D eigenvalue weighted by Crippen LogP contribution is -2.31. The summed E-state index contributed by atoms with van der Waals surface area (Å²) >= 11 is 0. The van der Waals surface area contributed by atoms with Crippen molar-refractivity contribution in [3.63, 3.8) is 0 Å². The minimum Gasteiger partial charge on any atom is -0.493 e. The Kier molecular flexibility index (Phi) is 4.58. The maximum absolute atomic E-state index is 12.3. The maximum Gasteiger partial charge on any atom is 0.349 e. The van der Waals surface area contributed by atoms with Crippen LogP contribution in [0.2, 0.25) is 0 Å². The molecule has 0 unspecified atom stereocenters. The molecule has 3 aromatic rings. The van der Waals surface area contributed by atoms with Crippen molar-refractivity contribution in [2.45, 2.75) is 13.0 Å². The van der Waals surface area contributed by atoms with E-state index in [2.05, 4.69) is 5.32 Å². The molecule has 7 nitrogen and oxygen atoms in total. The number of ether oxygens (including phenoxy) is 1. The Labute approximate surface area is 142 Å². The van der Waals surface area contributed by atoms with E-state index in [1.165, 1.54) is 13.2 Å². The van der Waals surface area contributed by atoms with Crippen LogP contribution in [-0.4, -0.2) is 24.7 Å². The molecule has 1 atom stereocenters. The second-order valence-corrected chi connectivity index (χ2v) is 5.50. The highest BCUT2D eigenvalue weighted by molar-refractivity contribution is 5.97. The largest absolute Gasteiger partial charge is 0.493 e. The zero-order chi connectivity index (χ0) is 18.0. The molecule has 0 saturated carbocycles. The second kappa shape index (κ2) is 6.82. The molecule has 25 heavy (non-hydrogen) atoms. The summed E-state index contributed by atoms with van der Waals surface area (Å²) < 4.78 is 15.6. The Balaban J connectivity index is 1.80. The van der Waals surface area contributed by atoms with Gasteiger partial charge in [-0.25, -0.2) is 4.79 Å². The molecule has 3 rings (SSSR count). The van der Waals surface area contributed by atoms with E-state index < -0.39 is 17.6 Å². The van der Waals surface area contributed by atoms with E-state index in [1.807, 2.05) is 0 Å². The maximum atomic E-state index is 12.3.